The van der Waals surface area contributed by atoms with Crippen LogP contribution in [0.2, 0.25) is 0 Å². The van der Waals surface area contributed by atoms with Gasteiger partial charge in [-0.05, 0) is 31.1 Å². The van der Waals surface area contributed by atoms with Crippen LogP contribution in [-0.2, 0) is 4.74 Å². The molecule has 0 radical (unpaired) electrons. The van der Waals surface area contributed by atoms with Gasteiger partial charge in [0.1, 0.15) is 0 Å². The molecule has 17 heavy (non-hydrogen) atoms. The van der Waals surface area contributed by atoms with Gasteiger partial charge in [-0.3, -0.25) is 4.90 Å². The quantitative estimate of drug-likeness (QED) is 0.812. The maximum atomic E-state index is 5.36. The van der Waals surface area contributed by atoms with Crippen LogP contribution in [0.4, 0.5) is 0 Å². The molecule has 1 saturated heterocycles. The van der Waals surface area contributed by atoms with E-state index < -0.39 is 0 Å². The molecular weight excluding hydrogens is 212 g/mol. The molecule has 0 spiro atoms. The third-order valence-electron chi connectivity index (χ3n) is 4.30. The zero-order valence-electron chi connectivity index (χ0n) is 11.5. The first-order valence-electron chi connectivity index (χ1n) is 7.19. The molecule has 0 aromatic rings. The third kappa shape index (κ3) is 4.57. The van der Waals surface area contributed by atoms with Crippen molar-refractivity contribution >= 4 is 0 Å². The summed E-state index contributed by atoms with van der Waals surface area (Å²) < 4.78 is 5.36. The highest BCUT2D eigenvalue weighted by Gasteiger charge is 2.26. The average molecular weight is 240 g/mol. The number of ether oxygens (including phenoxy) is 1. The Morgan fingerprint density at radius 1 is 1.18 bits per heavy atom. The van der Waals surface area contributed by atoms with Gasteiger partial charge < -0.3 is 10.1 Å². The van der Waals surface area contributed by atoms with Crippen LogP contribution in [0.5, 0.6) is 0 Å². The first kappa shape index (κ1) is 13.3. The molecule has 3 nitrogen and oxygen atoms in total. The predicted octanol–water partition coefficient (Wildman–Crippen LogP) is 1.88. The third-order valence-corrected chi connectivity index (χ3v) is 4.30. The Morgan fingerprint density at radius 2 is 1.82 bits per heavy atom. The van der Waals surface area contributed by atoms with Crippen LogP contribution in [0.3, 0.4) is 0 Å². The fourth-order valence-electron chi connectivity index (χ4n) is 2.85. The Kier molecular flexibility index (Phi) is 4.83. The van der Waals surface area contributed by atoms with Crippen molar-refractivity contribution < 1.29 is 4.74 Å². The molecule has 0 aromatic heterocycles. The summed E-state index contributed by atoms with van der Waals surface area (Å²) in [5.41, 5.74) is 0.586. The maximum Gasteiger partial charge on any atom is 0.0594 e. The van der Waals surface area contributed by atoms with E-state index in [9.17, 15) is 0 Å². The molecule has 0 aromatic carbocycles. The second-order valence-electron chi connectivity index (χ2n) is 6.35. The van der Waals surface area contributed by atoms with E-state index in [0.717, 1.165) is 38.9 Å². The zero-order valence-corrected chi connectivity index (χ0v) is 11.5. The van der Waals surface area contributed by atoms with Crippen LogP contribution in [-0.4, -0.2) is 50.3 Å². The molecule has 3 heteroatoms. The highest BCUT2D eigenvalue weighted by molar-refractivity contribution is 4.82. The topological polar surface area (TPSA) is 24.5 Å². The van der Waals surface area contributed by atoms with Gasteiger partial charge in [-0.15, -0.1) is 0 Å². The molecule has 2 aliphatic rings. The van der Waals surface area contributed by atoms with Gasteiger partial charge in [-0.1, -0.05) is 13.8 Å². The van der Waals surface area contributed by atoms with Crippen LogP contribution in [0.1, 0.15) is 39.5 Å². The maximum absolute atomic E-state index is 5.36. The van der Waals surface area contributed by atoms with Gasteiger partial charge in [-0.2, -0.15) is 0 Å². The second-order valence-corrected chi connectivity index (χ2v) is 6.35. The normalized spacial score (nSPS) is 27.2. The molecule has 1 aliphatic heterocycles. The van der Waals surface area contributed by atoms with Gasteiger partial charge in [0.15, 0.2) is 0 Å². The first-order valence-corrected chi connectivity index (χ1v) is 7.19. The van der Waals surface area contributed by atoms with E-state index in [1.165, 1.54) is 32.2 Å². The Morgan fingerprint density at radius 3 is 2.47 bits per heavy atom. The summed E-state index contributed by atoms with van der Waals surface area (Å²) in [7, 11) is 0. The number of nitrogens with zero attached hydrogens (tertiary/aromatic N) is 1. The molecular formula is C14H28N2O. The van der Waals surface area contributed by atoms with Gasteiger partial charge >= 0.3 is 0 Å². The molecule has 0 atom stereocenters. The van der Waals surface area contributed by atoms with E-state index in [1.54, 1.807) is 0 Å². The molecule has 1 heterocycles. The van der Waals surface area contributed by atoms with Crippen LogP contribution in [0.25, 0.3) is 0 Å². The Bertz CT molecular complexity index is 214. The minimum Gasteiger partial charge on any atom is -0.379 e. The molecule has 1 aliphatic carbocycles. The van der Waals surface area contributed by atoms with Gasteiger partial charge in [0.05, 0.1) is 13.2 Å². The summed E-state index contributed by atoms with van der Waals surface area (Å²) in [6, 6.07) is 0.768. The summed E-state index contributed by atoms with van der Waals surface area (Å²) in [5, 5.41) is 3.72. The van der Waals surface area contributed by atoms with Crippen LogP contribution in [0.15, 0.2) is 0 Å². The number of hydrogen-bond acceptors (Lipinski definition) is 3. The lowest BCUT2D eigenvalue weighted by Gasteiger charge is -2.35. The van der Waals surface area contributed by atoms with E-state index in [4.69, 9.17) is 4.74 Å². The largest absolute Gasteiger partial charge is 0.379 e. The fourth-order valence-corrected chi connectivity index (χ4v) is 2.85. The molecule has 0 unspecified atom stereocenters. The second kappa shape index (κ2) is 6.17. The van der Waals surface area contributed by atoms with Crippen LogP contribution >= 0.6 is 0 Å². The Labute approximate surface area is 106 Å². The monoisotopic (exact) mass is 240 g/mol. The highest BCUT2D eigenvalue weighted by Crippen LogP contribution is 2.34. The number of nitrogens with one attached hydrogen (secondary N) is 1. The summed E-state index contributed by atoms with van der Waals surface area (Å²) in [6.07, 6.45) is 5.47. The lowest BCUT2D eigenvalue weighted by molar-refractivity contribution is 0.0377. The van der Waals surface area contributed by atoms with Crippen molar-refractivity contribution in [2.75, 3.05) is 39.4 Å². The number of rotatable bonds is 4. The van der Waals surface area contributed by atoms with Crippen molar-refractivity contribution in [3.8, 4) is 0 Å². The summed E-state index contributed by atoms with van der Waals surface area (Å²) in [5.74, 6) is 0. The van der Waals surface area contributed by atoms with Gasteiger partial charge in [-0.25, -0.2) is 0 Å². The molecule has 0 amide bonds. The SMILES string of the molecule is CC1(C)CCC(NCCN2CCOCC2)CC1. The van der Waals surface area contributed by atoms with Crippen molar-refractivity contribution in [2.45, 2.75) is 45.6 Å². The molecule has 2 fully saturated rings. The van der Waals surface area contributed by atoms with Gasteiger partial charge in [0.25, 0.3) is 0 Å². The number of hydrogen-bond donors (Lipinski definition) is 1. The Hall–Kier alpha value is -0.120. The van der Waals surface area contributed by atoms with E-state index in [0.29, 0.717) is 5.41 Å². The van der Waals surface area contributed by atoms with Crippen molar-refractivity contribution in [1.82, 2.24) is 10.2 Å². The zero-order chi connectivity index (χ0) is 12.1. The van der Waals surface area contributed by atoms with Crippen molar-refractivity contribution in [1.29, 1.82) is 0 Å². The summed E-state index contributed by atoms with van der Waals surface area (Å²) in [4.78, 5) is 2.50. The standard InChI is InChI=1S/C14H28N2O/c1-14(2)5-3-13(4-6-14)15-7-8-16-9-11-17-12-10-16/h13,15H,3-12H2,1-2H3. The summed E-state index contributed by atoms with van der Waals surface area (Å²) >= 11 is 0. The summed E-state index contributed by atoms with van der Waals surface area (Å²) in [6.45, 7) is 11.2. The van der Waals surface area contributed by atoms with Crippen LogP contribution < -0.4 is 5.32 Å². The number of morpholine rings is 1. The Balaban J connectivity index is 1.56. The van der Waals surface area contributed by atoms with Gasteiger partial charge in [0.2, 0.25) is 0 Å². The molecule has 0 bridgehead atoms. The minimum absolute atomic E-state index is 0.586. The lowest BCUT2D eigenvalue weighted by atomic mass is 9.75. The lowest BCUT2D eigenvalue weighted by Crippen LogP contribution is -2.43. The first-order chi connectivity index (χ1) is 8.16. The van der Waals surface area contributed by atoms with Crippen molar-refractivity contribution in [3.05, 3.63) is 0 Å². The highest BCUT2D eigenvalue weighted by atomic mass is 16.5. The molecule has 2 rings (SSSR count). The minimum atomic E-state index is 0.586. The van der Waals surface area contributed by atoms with E-state index in [2.05, 4.69) is 24.1 Å². The van der Waals surface area contributed by atoms with Crippen molar-refractivity contribution in [2.24, 2.45) is 5.41 Å². The van der Waals surface area contributed by atoms with E-state index >= 15 is 0 Å². The van der Waals surface area contributed by atoms with Gasteiger partial charge in [0, 0.05) is 32.2 Å². The van der Waals surface area contributed by atoms with E-state index in [-0.39, 0.29) is 0 Å². The smallest absolute Gasteiger partial charge is 0.0594 e. The predicted molar refractivity (Wildman–Crippen MR) is 71.3 cm³/mol. The van der Waals surface area contributed by atoms with E-state index in [1.807, 2.05) is 0 Å². The molecule has 100 valence electrons. The van der Waals surface area contributed by atoms with Crippen LogP contribution in [0, 0.1) is 5.41 Å². The molecule has 1 saturated carbocycles. The molecule has 1 N–H and O–H groups in total. The van der Waals surface area contributed by atoms with Crippen molar-refractivity contribution in [3.63, 3.8) is 0 Å². The average Bonchev–Trinajstić information content (AvgIpc) is 2.33. The fraction of sp³-hybridized carbons (Fsp3) is 1.00.